The van der Waals surface area contributed by atoms with Gasteiger partial charge in [-0.25, -0.2) is 4.98 Å². The normalized spacial score (nSPS) is 14.6. The zero-order chi connectivity index (χ0) is 15.1. The van der Waals surface area contributed by atoms with Crippen LogP contribution in [0.2, 0.25) is 0 Å². The fraction of sp³-hybridized carbons (Fsp3) is 0.412. The van der Waals surface area contributed by atoms with Crippen LogP contribution in [0, 0.1) is 0 Å². The van der Waals surface area contributed by atoms with Crippen LogP contribution < -0.4 is 4.90 Å². The van der Waals surface area contributed by atoms with E-state index in [1.807, 2.05) is 12.1 Å². The van der Waals surface area contributed by atoms with E-state index in [4.69, 9.17) is 0 Å². The van der Waals surface area contributed by atoms with E-state index in [1.54, 1.807) is 23.2 Å². The number of rotatable bonds is 6. The quantitative estimate of drug-likeness (QED) is 0.754. The van der Waals surface area contributed by atoms with Gasteiger partial charge in [0, 0.05) is 32.4 Å². The molecule has 4 heteroatoms. The topological polar surface area (TPSA) is 36.4 Å². The Morgan fingerprint density at radius 1 is 1.24 bits per heavy atom. The first-order chi connectivity index (χ1) is 10.3. The van der Waals surface area contributed by atoms with Crippen LogP contribution in [0.5, 0.6) is 0 Å². The van der Waals surface area contributed by atoms with Gasteiger partial charge < -0.3 is 9.80 Å². The average molecular weight is 285 g/mol. The Balaban J connectivity index is 2.27. The van der Waals surface area contributed by atoms with E-state index in [0.717, 1.165) is 31.7 Å². The predicted octanol–water partition coefficient (Wildman–Crippen LogP) is 2.89. The summed E-state index contributed by atoms with van der Waals surface area (Å²) in [5, 5.41) is 0. The summed E-state index contributed by atoms with van der Waals surface area (Å²) in [4.78, 5) is 21.2. The second-order valence-corrected chi connectivity index (χ2v) is 5.21. The Bertz CT molecular complexity index is 497. The van der Waals surface area contributed by atoms with Gasteiger partial charge in [0.1, 0.15) is 5.82 Å². The van der Waals surface area contributed by atoms with Gasteiger partial charge in [0.2, 0.25) is 0 Å². The highest BCUT2D eigenvalue weighted by Crippen LogP contribution is 2.22. The fourth-order valence-corrected chi connectivity index (χ4v) is 2.64. The number of hydrogen-bond donors (Lipinski definition) is 0. The third-order valence-corrected chi connectivity index (χ3v) is 3.66. The van der Waals surface area contributed by atoms with Crippen LogP contribution >= 0.6 is 0 Å². The van der Waals surface area contributed by atoms with E-state index < -0.39 is 0 Å². The third kappa shape index (κ3) is 3.72. The molecule has 21 heavy (non-hydrogen) atoms. The maximum atomic E-state index is 12.8. The van der Waals surface area contributed by atoms with Crippen molar-refractivity contribution in [2.75, 3.05) is 31.1 Å². The average Bonchev–Trinajstić information content (AvgIpc) is 2.55. The maximum absolute atomic E-state index is 12.8. The van der Waals surface area contributed by atoms with Crippen molar-refractivity contribution in [1.82, 2.24) is 9.88 Å². The first kappa shape index (κ1) is 15.3. The molecule has 1 aliphatic rings. The molecule has 0 N–H and O–H groups in total. The first-order valence-electron chi connectivity index (χ1n) is 7.49. The number of carbonyl (C=O) groups excluding carboxylic acids is 1. The highest BCUT2D eigenvalue weighted by atomic mass is 16.2. The molecule has 0 saturated carbocycles. The summed E-state index contributed by atoms with van der Waals surface area (Å²) < 4.78 is 0. The van der Waals surface area contributed by atoms with Crippen molar-refractivity contribution >= 4 is 11.7 Å². The van der Waals surface area contributed by atoms with E-state index >= 15 is 0 Å². The molecule has 0 unspecified atom stereocenters. The van der Waals surface area contributed by atoms with Gasteiger partial charge in [-0.1, -0.05) is 12.2 Å². The highest BCUT2D eigenvalue weighted by molar-refractivity contribution is 5.99. The largest absolute Gasteiger partial charge is 0.356 e. The van der Waals surface area contributed by atoms with E-state index in [-0.39, 0.29) is 5.91 Å². The minimum Gasteiger partial charge on any atom is -0.356 e. The van der Waals surface area contributed by atoms with Gasteiger partial charge >= 0.3 is 0 Å². The van der Waals surface area contributed by atoms with Crippen LogP contribution in [0.15, 0.2) is 43.6 Å². The maximum Gasteiger partial charge on any atom is 0.258 e. The molecule has 0 radical (unpaired) electrons. The van der Waals surface area contributed by atoms with E-state index in [9.17, 15) is 4.79 Å². The smallest absolute Gasteiger partial charge is 0.258 e. The lowest BCUT2D eigenvalue weighted by molar-refractivity contribution is 0.0791. The number of piperidine rings is 1. The number of pyridine rings is 1. The summed E-state index contributed by atoms with van der Waals surface area (Å²) in [6, 6.07) is 3.68. The number of hydrogen-bond acceptors (Lipinski definition) is 3. The van der Waals surface area contributed by atoms with Gasteiger partial charge in [0.25, 0.3) is 5.91 Å². The molecule has 1 fully saturated rings. The van der Waals surface area contributed by atoms with Crippen molar-refractivity contribution in [2.24, 2.45) is 0 Å². The number of amides is 1. The molecule has 1 saturated heterocycles. The Morgan fingerprint density at radius 2 is 1.90 bits per heavy atom. The molecule has 0 bridgehead atoms. The lowest BCUT2D eigenvalue weighted by Crippen LogP contribution is -2.35. The molecule has 1 aromatic heterocycles. The molecule has 1 amide bonds. The molecule has 1 aromatic rings. The van der Waals surface area contributed by atoms with Gasteiger partial charge in [0.05, 0.1) is 5.56 Å². The zero-order valence-corrected chi connectivity index (χ0v) is 12.5. The second-order valence-electron chi connectivity index (χ2n) is 5.21. The summed E-state index contributed by atoms with van der Waals surface area (Å²) >= 11 is 0. The zero-order valence-electron chi connectivity index (χ0n) is 12.5. The molecule has 0 atom stereocenters. The number of nitrogens with zero attached hydrogens (tertiary/aromatic N) is 3. The standard InChI is InChI=1S/C17H23N3O/c1-3-11-20(12-4-2)17(21)15-9-8-10-18-16(15)19-13-6-5-7-14-19/h3-4,8-10H,1-2,5-7,11-14H2. The van der Waals surface area contributed by atoms with Crippen molar-refractivity contribution in [3.8, 4) is 0 Å². The third-order valence-electron chi connectivity index (χ3n) is 3.66. The van der Waals surface area contributed by atoms with Gasteiger partial charge in [0.15, 0.2) is 0 Å². The Morgan fingerprint density at radius 3 is 2.52 bits per heavy atom. The summed E-state index contributed by atoms with van der Waals surface area (Å²) in [5.74, 6) is 0.795. The van der Waals surface area contributed by atoms with E-state index in [1.165, 1.54) is 6.42 Å². The van der Waals surface area contributed by atoms with Crippen molar-refractivity contribution in [2.45, 2.75) is 19.3 Å². The number of aromatic nitrogens is 1. The summed E-state index contributed by atoms with van der Waals surface area (Å²) in [5.41, 5.74) is 0.670. The van der Waals surface area contributed by atoms with Crippen molar-refractivity contribution in [3.05, 3.63) is 49.2 Å². The van der Waals surface area contributed by atoms with Gasteiger partial charge in [-0.3, -0.25) is 4.79 Å². The fourth-order valence-electron chi connectivity index (χ4n) is 2.64. The predicted molar refractivity (Wildman–Crippen MR) is 86.6 cm³/mol. The Hall–Kier alpha value is -2.10. The minimum atomic E-state index is -0.0107. The molecule has 112 valence electrons. The SMILES string of the molecule is C=CCN(CC=C)C(=O)c1cccnc1N1CCCCC1. The van der Waals surface area contributed by atoms with E-state index in [2.05, 4.69) is 23.0 Å². The lowest BCUT2D eigenvalue weighted by Gasteiger charge is -2.30. The molecule has 0 aliphatic carbocycles. The van der Waals surface area contributed by atoms with Crippen LogP contribution in [0.4, 0.5) is 5.82 Å². The van der Waals surface area contributed by atoms with E-state index in [0.29, 0.717) is 18.7 Å². The second kappa shape index (κ2) is 7.62. The van der Waals surface area contributed by atoms with Gasteiger partial charge in [-0.2, -0.15) is 0 Å². The number of carbonyl (C=O) groups is 1. The highest BCUT2D eigenvalue weighted by Gasteiger charge is 2.22. The summed E-state index contributed by atoms with van der Waals surface area (Å²) in [7, 11) is 0. The molecular formula is C17H23N3O. The first-order valence-corrected chi connectivity index (χ1v) is 7.49. The van der Waals surface area contributed by atoms with Crippen LogP contribution in [0.25, 0.3) is 0 Å². The van der Waals surface area contributed by atoms with Gasteiger partial charge in [-0.05, 0) is 31.4 Å². The summed E-state index contributed by atoms with van der Waals surface area (Å²) in [6.45, 7) is 10.4. The Kier molecular flexibility index (Phi) is 5.55. The molecular weight excluding hydrogens is 262 g/mol. The van der Waals surface area contributed by atoms with Crippen LogP contribution in [-0.2, 0) is 0 Å². The number of anilines is 1. The van der Waals surface area contributed by atoms with Crippen LogP contribution in [-0.4, -0.2) is 42.0 Å². The molecule has 0 aromatic carbocycles. The van der Waals surface area contributed by atoms with Crippen molar-refractivity contribution in [3.63, 3.8) is 0 Å². The lowest BCUT2D eigenvalue weighted by atomic mass is 10.1. The van der Waals surface area contributed by atoms with Crippen LogP contribution in [0.3, 0.4) is 0 Å². The molecule has 0 spiro atoms. The molecule has 1 aliphatic heterocycles. The van der Waals surface area contributed by atoms with Crippen LogP contribution in [0.1, 0.15) is 29.6 Å². The molecule has 2 rings (SSSR count). The van der Waals surface area contributed by atoms with Gasteiger partial charge in [-0.15, -0.1) is 13.2 Å². The monoisotopic (exact) mass is 285 g/mol. The van der Waals surface area contributed by atoms with Crippen molar-refractivity contribution in [1.29, 1.82) is 0 Å². The molecule has 4 nitrogen and oxygen atoms in total. The van der Waals surface area contributed by atoms with Crippen molar-refractivity contribution < 1.29 is 4.79 Å². The molecule has 2 heterocycles. The Labute approximate surface area is 126 Å². The minimum absolute atomic E-state index is 0.0107. The summed E-state index contributed by atoms with van der Waals surface area (Å²) in [6.07, 6.45) is 8.80.